The Labute approximate surface area is 198 Å². The molecule has 1 aliphatic heterocycles. The first-order valence-electron chi connectivity index (χ1n) is 10.8. The lowest BCUT2D eigenvalue weighted by Crippen LogP contribution is -2.36. The Kier molecular flexibility index (Phi) is 7.49. The van der Waals surface area contributed by atoms with Crippen molar-refractivity contribution in [2.75, 3.05) is 19.6 Å². The van der Waals surface area contributed by atoms with Crippen molar-refractivity contribution in [2.45, 2.75) is 30.3 Å². The quantitative estimate of drug-likeness (QED) is 0.476. The van der Waals surface area contributed by atoms with Gasteiger partial charge in [0.15, 0.2) is 0 Å². The highest BCUT2D eigenvalue weighted by Gasteiger charge is 2.26. The summed E-state index contributed by atoms with van der Waals surface area (Å²) in [5, 5.41) is 2.97. The fourth-order valence-electron chi connectivity index (χ4n) is 3.94. The number of likely N-dealkylation sites (tertiary alicyclic amines) is 1. The number of sulfonamides is 1. The Bertz CT molecular complexity index is 1180. The number of nitrogens with zero attached hydrogens (tertiary/aromatic N) is 1. The van der Waals surface area contributed by atoms with Gasteiger partial charge in [0.25, 0.3) is 5.91 Å². The van der Waals surface area contributed by atoms with E-state index in [1.54, 1.807) is 6.26 Å². The van der Waals surface area contributed by atoms with E-state index in [-0.39, 0.29) is 34.0 Å². The zero-order chi connectivity index (χ0) is 23.3. The van der Waals surface area contributed by atoms with E-state index in [1.165, 1.54) is 18.2 Å². The van der Waals surface area contributed by atoms with E-state index in [4.69, 9.17) is 16.0 Å². The van der Waals surface area contributed by atoms with Crippen molar-refractivity contribution < 1.29 is 17.6 Å². The van der Waals surface area contributed by atoms with Gasteiger partial charge in [0.2, 0.25) is 10.0 Å². The summed E-state index contributed by atoms with van der Waals surface area (Å²) in [5.74, 6) is 0.420. The summed E-state index contributed by atoms with van der Waals surface area (Å²) >= 11 is 6.18. The Morgan fingerprint density at radius 2 is 1.82 bits per heavy atom. The van der Waals surface area contributed by atoms with Gasteiger partial charge < -0.3 is 9.73 Å². The molecule has 1 atom stereocenters. The highest BCUT2D eigenvalue weighted by atomic mass is 35.5. The Hall–Kier alpha value is -2.65. The molecule has 0 aliphatic carbocycles. The molecule has 0 spiro atoms. The molecule has 0 bridgehead atoms. The van der Waals surface area contributed by atoms with Gasteiger partial charge in [-0.2, -0.15) is 0 Å². The smallest absolute Gasteiger partial charge is 0.251 e. The molecule has 174 valence electrons. The molecule has 1 saturated heterocycles. The number of carbonyl (C=O) groups excluding carboxylic acids is 1. The van der Waals surface area contributed by atoms with E-state index in [9.17, 15) is 13.2 Å². The minimum absolute atomic E-state index is 0.0534. The molecule has 4 rings (SSSR count). The van der Waals surface area contributed by atoms with Crippen LogP contribution in [0, 0.1) is 0 Å². The van der Waals surface area contributed by atoms with Gasteiger partial charge in [-0.1, -0.05) is 41.9 Å². The number of halogens is 1. The molecule has 1 fully saturated rings. The van der Waals surface area contributed by atoms with Gasteiger partial charge in [-0.05, 0) is 61.8 Å². The number of hydrogen-bond donors (Lipinski definition) is 2. The van der Waals surface area contributed by atoms with Gasteiger partial charge in [-0.15, -0.1) is 0 Å². The lowest BCUT2D eigenvalue weighted by atomic mass is 10.1. The molecule has 2 heterocycles. The maximum absolute atomic E-state index is 12.9. The van der Waals surface area contributed by atoms with Crippen molar-refractivity contribution in [3.05, 3.63) is 88.8 Å². The van der Waals surface area contributed by atoms with E-state index in [1.807, 2.05) is 42.5 Å². The van der Waals surface area contributed by atoms with Crippen molar-refractivity contribution >= 4 is 27.5 Å². The van der Waals surface area contributed by atoms with Crippen LogP contribution in [0.15, 0.2) is 76.2 Å². The van der Waals surface area contributed by atoms with Crippen LogP contribution in [0.5, 0.6) is 0 Å². The van der Waals surface area contributed by atoms with Crippen LogP contribution >= 0.6 is 11.6 Å². The predicted molar refractivity (Wildman–Crippen MR) is 127 cm³/mol. The SMILES string of the molecule is O=C(NCC(c1ccco1)N1CCCC1)c1ccc(Cl)c(S(=O)(=O)NCc2ccccc2)c1. The second-order valence-electron chi connectivity index (χ2n) is 7.94. The van der Waals surface area contributed by atoms with Gasteiger partial charge in [0.05, 0.1) is 17.3 Å². The van der Waals surface area contributed by atoms with Gasteiger partial charge in [0.1, 0.15) is 10.7 Å². The predicted octanol–water partition coefficient (Wildman–Crippen LogP) is 3.98. The third-order valence-electron chi connectivity index (χ3n) is 5.70. The number of carbonyl (C=O) groups is 1. The van der Waals surface area contributed by atoms with Gasteiger partial charge >= 0.3 is 0 Å². The lowest BCUT2D eigenvalue weighted by molar-refractivity contribution is 0.0933. The number of furan rings is 1. The summed E-state index contributed by atoms with van der Waals surface area (Å²) in [5.41, 5.74) is 1.04. The average molecular weight is 488 g/mol. The van der Waals surface area contributed by atoms with Crippen molar-refractivity contribution in [3.8, 4) is 0 Å². The van der Waals surface area contributed by atoms with Crippen molar-refractivity contribution in [1.82, 2.24) is 14.9 Å². The molecule has 0 radical (unpaired) electrons. The zero-order valence-corrected chi connectivity index (χ0v) is 19.6. The first kappa shape index (κ1) is 23.5. The first-order valence-corrected chi connectivity index (χ1v) is 12.7. The van der Waals surface area contributed by atoms with E-state index >= 15 is 0 Å². The van der Waals surface area contributed by atoms with Crippen molar-refractivity contribution in [1.29, 1.82) is 0 Å². The molecule has 3 aromatic rings. The number of benzene rings is 2. The molecular weight excluding hydrogens is 462 g/mol. The fraction of sp³-hybridized carbons (Fsp3) is 0.292. The molecule has 7 nitrogen and oxygen atoms in total. The van der Waals surface area contributed by atoms with E-state index in [0.29, 0.717) is 6.54 Å². The summed E-state index contributed by atoms with van der Waals surface area (Å²) in [4.78, 5) is 15.0. The summed E-state index contributed by atoms with van der Waals surface area (Å²) < 4.78 is 33.8. The number of hydrogen-bond acceptors (Lipinski definition) is 5. The molecular formula is C24H26ClN3O4S. The van der Waals surface area contributed by atoms with Crippen molar-refractivity contribution in [2.24, 2.45) is 0 Å². The number of amides is 1. The summed E-state index contributed by atoms with van der Waals surface area (Å²) in [6, 6.07) is 17.1. The Balaban J connectivity index is 1.46. The van der Waals surface area contributed by atoms with Crippen LogP contribution in [-0.4, -0.2) is 38.9 Å². The summed E-state index contributed by atoms with van der Waals surface area (Å²) in [7, 11) is -3.91. The second-order valence-corrected chi connectivity index (χ2v) is 10.1. The molecule has 1 aromatic heterocycles. The highest BCUT2D eigenvalue weighted by molar-refractivity contribution is 7.89. The first-order chi connectivity index (χ1) is 15.9. The maximum Gasteiger partial charge on any atom is 0.251 e. The van der Waals surface area contributed by atoms with E-state index < -0.39 is 10.0 Å². The standard InChI is InChI=1S/C24H26ClN3O4S/c25-20-11-10-19(15-23(20)33(30,31)27-16-18-7-2-1-3-8-18)24(29)26-17-21(22-9-6-14-32-22)28-12-4-5-13-28/h1-3,6-11,14-15,21,27H,4-5,12-13,16-17H2,(H,26,29). The third kappa shape index (κ3) is 5.83. The van der Waals surface area contributed by atoms with Crippen LogP contribution in [0.1, 0.15) is 40.6 Å². The molecule has 1 amide bonds. The van der Waals surface area contributed by atoms with Crippen LogP contribution < -0.4 is 10.0 Å². The minimum Gasteiger partial charge on any atom is -0.468 e. The minimum atomic E-state index is -3.91. The van der Waals surface area contributed by atoms with Crippen LogP contribution in [0.4, 0.5) is 0 Å². The van der Waals surface area contributed by atoms with Gasteiger partial charge in [-0.3, -0.25) is 9.69 Å². The van der Waals surface area contributed by atoms with Gasteiger partial charge in [-0.25, -0.2) is 13.1 Å². The summed E-state index contributed by atoms with van der Waals surface area (Å²) in [6.07, 6.45) is 3.85. The Morgan fingerprint density at radius 3 is 2.52 bits per heavy atom. The van der Waals surface area contributed by atoms with Crippen LogP contribution in [0.3, 0.4) is 0 Å². The molecule has 33 heavy (non-hydrogen) atoms. The van der Waals surface area contributed by atoms with Crippen LogP contribution in [0.25, 0.3) is 0 Å². The van der Waals surface area contributed by atoms with Crippen LogP contribution in [-0.2, 0) is 16.6 Å². The average Bonchev–Trinajstić information content (AvgIpc) is 3.54. The Morgan fingerprint density at radius 1 is 1.06 bits per heavy atom. The van der Waals surface area contributed by atoms with E-state index in [0.717, 1.165) is 37.3 Å². The molecule has 2 aromatic carbocycles. The number of nitrogens with one attached hydrogen (secondary N) is 2. The molecule has 0 saturated carbocycles. The molecule has 1 unspecified atom stereocenters. The number of rotatable bonds is 9. The topological polar surface area (TPSA) is 91.7 Å². The third-order valence-corrected chi connectivity index (χ3v) is 7.58. The maximum atomic E-state index is 12.9. The monoisotopic (exact) mass is 487 g/mol. The van der Waals surface area contributed by atoms with Gasteiger partial charge in [0, 0.05) is 18.7 Å². The molecule has 2 N–H and O–H groups in total. The highest BCUT2D eigenvalue weighted by Crippen LogP contribution is 2.26. The largest absolute Gasteiger partial charge is 0.468 e. The van der Waals surface area contributed by atoms with Crippen LogP contribution in [0.2, 0.25) is 5.02 Å². The second kappa shape index (κ2) is 10.5. The molecule has 9 heteroatoms. The lowest BCUT2D eigenvalue weighted by Gasteiger charge is -2.26. The normalized spacial score (nSPS) is 15.4. The zero-order valence-electron chi connectivity index (χ0n) is 18.0. The fourth-order valence-corrected chi connectivity index (χ4v) is 5.48. The van der Waals surface area contributed by atoms with Crippen molar-refractivity contribution in [3.63, 3.8) is 0 Å². The summed E-state index contributed by atoms with van der Waals surface area (Å²) in [6.45, 7) is 2.36. The van der Waals surface area contributed by atoms with E-state index in [2.05, 4.69) is 14.9 Å². The molecule has 1 aliphatic rings.